The first-order valence-corrected chi connectivity index (χ1v) is 7.60. The van der Waals surface area contributed by atoms with Crippen LogP contribution >= 0.6 is 0 Å². The van der Waals surface area contributed by atoms with Crippen LogP contribution < -0.4 is 10.6 Å². The molecule has 0 spiro atoms. The van der Waals surface area contributed by atoms with Gasteiger partial charge in [0.15, 0.2) is 11.8 Å². The number of hydrogen-bond acceptors (Lipinski definition) is 6. The van der Waals surface area contributed by atoms with E-state index in [1.54, 1.807) is 20.8 Å². The van der Waals surface area contributed by atoms with Crippen LogP contribution in [0.3, 0.4) is 0 Å². The molecule has 8 nitrogen and oxygen atoms in total. The fourth-order valence-corrected chi connectivity index (χ4v) is 2.14. The Morgan fingerprint density at radius 2 is 1.76 bits per heavy atom. The molecule has 0 saturated heterocycles. The first-order valence-electron chi connectivity index (χ1n) is 7.60. The highest BCUT2D eigenvalue weighted by molar-refractivity contribution is 6.07. The number of methoxy groups -OCH3 is 1. The Hall–Kier alpha value is -2.26. The molecule has 0 aromatic rings. The van der Waals surface area contributed by atoms with Crippen LogP contribution in [0.5, 0.6) is 0 Å². The maximum absolute atomic E-state index is 12.9. The molecule has 1 aliphatic carbocycles. The normalized spacial score (nSPS) is 17.7. The third-order valence-electron chi connectivity index (χ3n) is 3.31. The van der Waals surface area contributed by atoms with Crippen molar-refractivity contribution in [2.75, 3.05) is 13.7 Å². The summed E-state index contributed by atoms with van der Waals surface area (Å²) in [5.41, 5.74) is -0.763. The quantitative estimate of drug-likeness (QED) is 0.532. The van der Waals surface area contributed by atoms with E-state index < -0.39 is 66.6 Å². The van der Waals surface area contributed by atoms with Gasteiger partial charge in [-0.05, 0) is 20.8 Å². The Bertz CT molecular complexity index is 551. The molecule has 2 N–H and O–H groups in total. The van der Waals surface area contributed by atoms with Gasteiger partial charge in [-0.2, -0.15) is 0 Å². The minimum absolute atomic E-state index is 0.559. The zero-order chi connectivity index (χ0) is 19.4. The van der Waals surface area contributed by atoms with Crippen molar-refractivity contribution in [3.63, 3.8) is 0 Å². The molecule has 0 aromatic heterocycles. The Labute approximate surface area is 143 Å². The van der Waals surface area contributed by atoms with E-state index >= 15 is 0 Å². The van der Waals surface area contributed by atoms with Gasteiger partial charge in [0, 0.05) is 18.8 Å². The average molecular weight is 364 g/mol. The Morgan fingerprint density at radius 1 is 1.20 bits per heavy atom. The van der Waals surface area contributed by atoms with Gasteiger partial charge in [-0.3, -0.25) is 9.59 Å². The molecule has 1 atom stereocenters. The van der Waals surface area contributed by atoms with Crippen LogP contribution in [0, 0.1) is 5.92 Å². The number of amides is 2. The first kappa shape index (κ1) is 20.8. The van der Waals surface area contributed by atoms with E-state index in [4.69, 9.17) is 4.74 Å². The van der Waals surface area contributed by atoms with Crippen molar-refractivity contribution in [3.05, 3.63) is 0 Å². The van der Waals surface area contributed by atoms with Gasteiger partial charge >= 0.3 is 12.1 Å². The smallest absolute Gasteiger partial charge is 0.408 e. The van der Waals surface area contributed by atoms with Gasteiger partial charge in [-0.25, -0.2) is 18.4 Å². The van der Waals surface area contributed by atoms with Gasteiger partial charge in [0.25, 0.3) is 0 Å². The van der Waals surface area contributed by atoms with Crippen molar-refractivity contribution in [2.24, 2.45) is 5.92 Å². The number of rotatable bonds is 6. The maximum atomic E-state index is 12.9. The summed E-state index contributed by atoms with van der Waals surface area (Å²) in [6.45, 7) is 4.34. The SMILES string of the molecule is COC(=O)C(NC(=O)CNC(=O)OC(C)(C)C)C(=O)C1CC(F)(F)C1. The van der Waals surface area contributed by atoms with Crippen molar-refractivity contribution in [1.82, 2.24) is 10.6 Å². The van der Waals surface area contributed by atoms with Crippen LogP contribution in [0.1, 0.15) is 33.6 Å². The lowest BCUT2D eigenvalue weighted by Gasteiger charge is -2.35. The van der Waals surface area contributed by atoms with E-state index in [-0.39, 0.29) is 0 Å². The van der Waals surface area contributed by atoms with E-state index in [1.165, 1.54) is 0 Å². The average Bonchev–Trinajstić information content (AvgIpc) is 2.45. The zero-order valence-corrected chi connectivity index (χ0v) is 14.5. The first-order chi connectivity index (χ1) is 11.3. The number of Topliss-reactive ketones (excluding diaryl/α,β-unsaturated/α-hetero) is 1. The molecule has 10 heteroatoms. The highest BCUT2D eigenvalue weighted by Crippen LogP contribution is 2.43. The molecule has 142 valence electrons. The number of alkyl halides is 2. The molecule has 1 unspecified atom stereocenters. The van der Waals surface area contributed by atoms with E-state index in [9.17, 15) is 28.0 Å². The molecule has 0 bridgehead atoms. The standard InChI is InChI=1S/C15H22F2N2O6/c1-14(2,3)25-13(23)18-7-9(20)19-10(12(22)24-4)11(21)8-5-15(16,17)6-8/h8,10H,5-7H2,1-4H3,(H,18,23)(H,19,20). The van der Waals surface area contributed by atoms with Gasteiger partial charge < -0.3 is 20.1 Å². The Morgan fingerprint density at radius 3 is 2.20 bits per heavy atom. The molecule has 0 heterocycles. The summed E-state index contributed by atoms with van der Waals surface area (Å²) in [5, 5.41) is 4.24. The number of ketones is 1. The second-order valence-corrected chi connectivity index (χ2v) is 6.74. The number of esters is 1. The molecule has 25 heavy (non-hydrogen) atoms. The number of carbonyl (C=O) groups excluding carboxylic acids is 4. The van der Waals surface area contributed by atoms with Crippen LogP contribution in [-0.2, 0) is 23.9 Å². The largest absolute Gasteiger partial charge is 0.467 e. The second-order valence-electron chi connectivity index (χ2n) is 6.74. The molecule has 2 amide bonds. The van der Waals surface area contributed by atoms with Crippen LogP contribution in [-0.4, -0.2) is 55.0 Å². The van der Waals surface area contributed by atoms with Crippen molar-refractivity contribution in [2.45, 2.75) is 51.2 Å². The minimum Gasteiger partial charge on any atom is -0.467 e. The number of ether oxygens (including phenoxy) is 2. The summed E-state index contributed by atoms with van der Waals surface area (Å²) >= 11 is 0. The lowest BCUT2D eigenvalue weighted by molar-refractivity contribution is -0.159. The molecule has 1 aliphatic rings. The summed E-state index contributed by atoms with van der Waals surface area (Å²) in [7, 11) is 1.00. The zero-order valence-electron chi connectivity index (χ0n) is 14.5. The molecule has 0 aliphatic heterocycles. The summed E-state index contributed by atoms with van der Waals surface area (Å²) in [6, 6.07) is -1.70. The van der Waals surface area contributed by atoms with Gasteiger partial charge in [-0.1, -0.05) is 0 Å². The molecule has 1 saturated carbocycles. The topological polar surface area (TPSA) is 111 Å². The Kier molecular flexibility index (Phi) is 6.44. The van der Waals surface area contributed by atoms with Gasteiger partial charge in [0.1, 0.15) is 12.1 Å². The van der Waals surface area contributed by atoms with Gasteiger partial charge in [0.05, 0.1) is 7.11 Å². The van der Waals surface area contributed by atoms with Gasteiger partial charge in [-0.15, -0.1) is 0 Å². The highest BCUT2D eigenvalue weighted by atomic mass is 19.3. The van der Waals surface area contributed by atoms with Crippen LogP contribution in [0.15, 0.2) is 0 Å². The van der Waals surface area contributed by atoms with Crippen LogP contribution in [0.25, 0.3) is 0 Å². The van der Waals surface area contributed by atoms with E-state index in [0.717, 1.165) is 7.11 Å². The predicted molar refractivity (Wildman–Crippen MR) is 80.9 cm³/mol. The summed E-state index contributed by atoms with van der Waals surface area (Å²) in [4.78, 5) is 47.0. The number of carbonyl (C=O) groups is 4. The van der Waals surface area contributed by atoms with Crippen molar-refractivity contribution in [3.8, 4) is 0 Å². The highest BCUT2D eigenvalue weighted by Gasteiger charge is 2.51. The second kappa shape index (κ2) is 7.75. The number of halogens is 2. The summed E-state index contributed by atoms with van der Waals surface area (Å²) in [6.07, 6.45) is -2.21. The molecule has 1 fully saturated rings. The molecule has 0 radical (unpaired) electrons. The Balaban J connectivity index is 2.58. The summed E-state index contributed by atoms with van der Waals surface area (Å²) in [5.74, 6) is -6.74. The third-order valence-corrected chi connectivity index (χ3v) is 3.31. The van der Waals surface area contributed by atoms with E-state index in [2.05, 4.69) is 15.4 Å². The van der Waals surface area contributed by atoms with E-state index in [1.807, 2.05) is 0 Å². The van der Waals surface area contributed by atoms with Crippen LogP contribution in [0.4, 0.5) is 13.6 Å². The maximum Gasteiger partial charge on any atom is 0.408 e. The molecule has 0 aromatic carbocycles. The van der Waals surface area contributed by atoms with Crippen molar-refractivity contribution >= 4 is 23.8 Å². The molecular formula is C15H22F2N2O6. The predicted octanol–water partition coefficient (Wildman–Crippen LogP) is 0.783. The molecular weight excluding hydrogens is 342 g/mol. The fourth-order valence-electron chi connectivity index (χ4n) is 2.14. The fraction of sp³-hybridized carbons (Fsp3) is 0.733. The van der Waals surface area contributed by atoms with Gasteiger partial charge in [0.2, 0.25) is 11.8 Å². The lowest BCUT2D eigenvalue weighted by Crippen LogP contribution is -2.55. The summed E-state index contributed by atoms with van der Waals surface area (Å²) < 4.78 is 35.1. The monoisotopic (exact) mass is 364 g/mol. The van der Waals surface area contributed by atoms with Crippen LogP contribution in [0.2, 0.25) is 0 Å². The lowest BCUT2D eigenvalue weighted by atomic mass is 9.76. The minimum atomic E-state index is -2.94. The number of alkyl carbamates (subject to hydrolysis) is 1. The third kappa shape index (κ3) is 6.63. The molecule has 1 rings (SSSR count). The van der Waals surface area contributed by atoms with E-state index in [0.29, 0.717) is 0 Å². The number of hydrogen-bond donors (Lipinski definition) is 2. The number of nitrogens with one attached hydrogen (secondary N) is 2. The van der Waals surface area contributed by atoms with Crippen molar-refractivity contribution < 1.29 is 37.4 Å². The van der Waals surface area contributed by atoms with Crippen molar-refractivity contribution in [1.29, 1.82) is 0 Å².